The van der Waals surface area contributed by atoms with Gasteiger partial charge in [0.2, 0.25) is 0 Å². The van der Waals surface area contributed by atoms with Crippen molar-refractivity contribution in [1.82, 2.24) is 14.8 Å². The summed E-state index contributed by atoms with van der Waals surface area (Å²) in [4.78, 5) is 4.39. The van der Waals surface area contributed by atoms with Crippen LogP contribution in [0.15, 0.2) is 48.9 Å². The van der Waals surface area contributed by atoms with Gasteiger partial charge in [0.05, 0.1) is 9.77 Å². The third kappa shape index (κ3) is 1.69. The first kappa shape index (κ1) is 9.77. The van der Waals surface area contributed by atoms with Crippen LogP contribution in [0, 0.1) is 3.57 Å². The molecule has 1 aromatic carbocycles. The second-order valence-corrected chi connectivity index (χ2v) is 4.74. The lowest BCUT2D eigenvalue weighted by Crippen LogP contribution is -1.97. The molecule has 4 heteroatoms. The fraction of sp³-hybridized carbons (Fsp3) is 0. The SMILES string of the molecule is Ic1cnn(-c2cc3ccccc3cn2)c1. The van der Waals surface area contributed by atoms with Crippen LogP contribution in [0.25, 0.3) is 16.6 Å². The molecule has 0 radical (unpaired) electrons. The Bertz CT molecular complexity index is 645. The summed E-state index contributed by atoms with van der Waals surface area (Å²) in [6.45, 7) is 0. The van der Waals surface area contributed by atoms with Gasteiger partial charge in [0.15, 0.2) is 5.82 Å². The van der Waals surface area contributed by atoms with E-state index in [2.05, 4.69) is 44.8 Å². The van der Waals surface area contributed by atoms with Crippen molar-refractivity contribution in [2.45, 2.75) is 0 Å². The molecule has 3 nitrogen and oxygen atoms in total. The predicted molar refractivity (Wildman–Crippen MR) is 71.6 cm³/mol. The first-order valence-corrected chi connectivity index (χ1v) is 5.96. The van der Waals surface area contributed by atoms with Crippen molar-refractivity contribution in [2.24, 2.45) is 0 Å². The standard InChI is InChI=1S/C12H8IN3/c13-11-7-15-16(8-11)12-5-9-3-1-2-4-10(9)6-14-12/h1-8H. The first-order chi connectivity index (χ1) is 7.83. The average Bonchev–Trinajstić information content (AvgIpc) is 2.75. The van der Waals surface area contributed by atoms with Crippen LogP contribution >= 0.6 is 22.6 Å². The number of hydrogen-bond donors (Lipinski definition) is 0. The van der Waals surface area contributed by atoms with Gasteiger partial charge < -0.3 is 0 Å². The molecule has 2 heterocycles. The van der Waals surface area contributed by atoms with Crippen molar-refractivity contribution < 1.29 is 0 Å². The van der Waals surface area contributed by atoms with Gasteiger partial charge in [-0.1, -0.05) is 24.3 Å². The van der Waals surface area contributed by atoms with Crippen molar-refractivity contribution in [2.75, 3.05) is 0 Å². The monoisotopic (exact) mass is 321 g/mol. The molecule has 78 valence electrons. The number of rotatable bonds is 1. The second kappa shape index (κ2) is 3.86. The molecule has 3 rings (SSSR count). The molecule has 0 saturated heterocycles. The van der Waals surface area contributed by atoms with Crippen LogP contribution < -0.4 is 0 Å². The van der Waals surface area contributed by atoms with Crippen LogP contribution in [0.5, 0.6) is 0 Å². The zero-order valence-electron chi connectivity index (χ0n) is 8.34. The summed E-state index contributed by atoms with van der Waals surface area (Å²) < 4.78 is 2.89. The highest BCUT2D eigenvalue weighted by atomic mass is 127. The van der Waals surface area contributed by atoms with E-state index < -0.39 is 0 Å². The maximum absolute atomic E-state index is 4.39. The van der Waals surface area contributed by atoms with Crippen molar-refractivity contribution >= 4 is 33.4 Å². The van der Waals surface area contributed by atoms with Crippen LogP contribution in [0.4, 0.5) is 0 Å². The summed E-state index contributed by atoms with van der Waals surface area (Å²) in [5, 5.41) is 6.56. The highest BCUT2D eigenvalue weighted by molar-refractivity contribution is 14.1. The molecule has 2 aromatic heterocycles. The van der Waals surface area contributed by atoms with E-state index in [9.17, 15) is 0 Å². The Hall–Kier alpha value is -1.43. The van der Waals surface area contributed by atoms with Crippen LogP contribution in [0.3, 0.4) is 0 Å². The van der Waals surface area contributed by atoms with Crippen LogP contribution in [-0.4, -0.2) is 14.8 Å². The topological polar surface area (TPSA) is 30.7 Å². The fourth-order valence-electron chi connectivity index (χ4n) is 1.62. The minimum absolute atomic E-state index is 0.849. The Balaban J connectivity index is 2.18. The lowest BCUT2D eigenvalue weighted by atomic mass is 10.2. The Morgan fingerprint density at radius 1 is 1.06 bits per heavy atom. The number of nitrogens with zero attached hydrogens (tertiary/aromatic N) is 3. The van der Waals surface area contributed by atoms with Gasteiger partial charge in [-0.15, -0.1) is 0 Å². The zero-order valence-corrected chi connectivity index (χ0v) is 10.5. The Labute approximate surface area is 106 Å². The van der Waals surface area contributed by atoms with Gasteiger partial charge in [0.1, 0.15) is 0 Å². The molecule has 0 aliphatic carbocycles. The Morgan fingerprint density at radius 3 is 2.62 bits per heavy atom. The molecule has 0 saturated carbocycles. The quantitative estimate of drug-likeness (QED) is 0.645. The summed E-state index contributed by atoms with van der Waals surface area (Å²) >= 11 is 2.23. The van der Waals surface area contributed by atoms with Crippen LogP contribution in [0.2, 0.25) is 0 Å². The van der Waals surface area contributed by atoms with E-state index in [1.807, 2.05) is 36.8 Å². The molecule has 16 heavy (non-hydrogen) atoms. The maximum atomic E-state index is 4.39. The summed E-state index contributed by atoms with van der Waals surface area (Å²) in [7, 11) is 0. The third-order valence-corrected chi connectivity index (χ3v) is 2.96. The van der Waals surface area contributed by atoms with E-state index in [4.69, 9.17) is 0 Å². The van der Waals surface area contributed by atoms with Gasteiger partial charge in [-0.05, 0) is 34.0 Å². The number of benzene rings is 1. The third-order valence-electron chi connectivity index (χ3n) is 2.40. The molecule has 0 N–H and O–H groups in total. The zero-order chi connectivity index (χ0) is 11.0. The number of aromatic nitrogens is 3. The largest absolute Gasteiger partial charge is 0.236 e. The average molecular weight is 321 g/mol. The molecule has 0 aliphatic heterocycles. The lowest BCUT2D eigenvalue weighted by molar-refractivity contribution is 0.849. The van der Waals surface area contributed by atoms with E-state index in [-0.39, 0.29) is 0 Å². The molecule has 3 aromatic rings. The van der Waals surface area contributed by atoms with Gasteiger partial charge >= 0.3 is 0 Å². The molecule has 0 bridgehead atoms. The molecule has 0 unspecified atom stereocenters. The molecule has 0 amide bonds. The van der Waals surface area contributed by atoms with Gasteiger partial charge in [-0.3, -0.25) is 0 Å². The van der Waals surface area contributed by atoms with Crippen molar-refractivity contribution in [1.29, 1.82) is 0 Å². The van der Waals surface area contributed by atoms with Crippen molar-refractivity contribution in [3.63, 3.8) is 0 Å². The normalized spacial score (nSPS) is 10.8. The first-order valence-electron chi connectivity index (χ1n) is 4.88. The van der Waals surface area contributed by atoms with Gasteiger partial charge in [0.25, 0.3) is 0 Å². The minimum atomic E-state index is 0.849. The van der Waals surface area contributed by atoms with E-state index in [0.29, 0.717) is 0 Å². The van der Waals surface area contributed by atoms with Gasteiger partial charge in [0, 0.05) is 17.8 Å². The Morgan fingerprint density at radius 2 is 1.88 bits per heavy atom. The fourth-order valence-corrected chi connectivity index (χ4v) is 2.01. The van der Waals surface area contributed by atoms with Crippen molar-refractivity contribution in [3.8, 4) is 5.82 Å². The number of pyridine rings is 1. The smallest absolute Gasteiger partial charge is 0.153 e. The molecule has 0 atom stereocenters. The van der Waals surface area contributed by atoms with E-state index >= 15 is 0 Å². The van der Waals surface area contributed by atoms with E-state index in [1.54, 1.807) is 4.68 Å². The van der Waals surface area contributed by atoms with Crippen molar-refractivity contribution in [3.05, 3.63) is 52.5 Å². The molecule has 0 fully saturated rings. The summed E-state index contributed by atoms with van der Waals surface area (Å²) in [6.07, 6.45) is 5.65. The molecule has 0 spiro atoms. The minimum Gasteiger partial charge on any atom is -0.236 e. The molecular weight excluding hydrogens is 313 g/mol. The Kier molecular flexibility index (Phi) is 2.36. The maximum Gasteiger partial charge on any atom is 0.153 e. The highest BCUT2D eigenvalue weighted by Gasteiger charge is 2.01. The van der Waals surface area contributed by atoms with Gasteiger partial charge in [-0.25, -0.2) is 9.67 Å². The number of hydrogen-bond acceptors (Lipinski definition) is 2. The second-order valence-electron chi connectivity index (χ2n) is 3.49. The summed E-state index contributed by atoms with van der Waals surface area (Å²) in [5.41, 5.74) is 0. The van der Waals surface area contributed by atoms with Gasteiger partial charge in [-0.2, -0.15) is 5.10 Å². The number of fused-ring (bicyclic) bond motifs is 1. The highest BCUT2D eigenvalue weighted by Crippen LogP contribution is 2.15. The summed E-state index contributed by atoms with van der Waals surface area (Å²) in [6, 6.07) is 10.2. The van der Waals surface area contributed by atoms with Crippen LogP contribution in [-0.2, 0) is 0 Å². The number of halogens is 1. The molecular formula is C12H8IN3. The van der Waals surface area contributed by atoms with E-state index in [0.717, 1.165) is 14.8 Å². The van der Waals surface area contributed by atoms with E-state index in [1.165, 1.54) is 5.39 Å². The molecule has 0 aliphatic rings. The summed E-state index contributed by atoms with van der Waals surface area (Å²) in [5.74, 6) is 0.849. The van der Waals surface area contributed by atoms with Crippen LogP contribution in [0.1, 0.15) is 0 Å². The predicted octanol–water partition coefficient (Wildman–Crippen LogP) is 3.03. The lowest BCUT2D eigenvalue weighted by Gasteiger charge is -2.02.